The summed E-state index contributed by atoms with van der Waals surface area (Å²) in [5, 5.41) is 0. The highest BCUT2D eigenvalue weighted by molar-refractivity contribution is 5.89. The first-order chi connectivity index (χ1) is 12.7. The van der Waals surface area contributed by atoms with Crippen LogP contribution in [0, 0.1) is 55.4 Å². The van der Waals surface area contributed by atoms with Gasteiger partial charge in [-0.1, -0.05) is 0 Å². The number of methoxy groups -OCH3 is 1. The summed E-state index contributed by atoms with van der Waals surface area (Å²) in [5.41, 5.74) is 13.9. The molecule has 3 heteroatoms. The van der Waals surface area contributed by atoms with E-state index in [9.17, 15) is 0 Å². The SMILES string of the molecule is CCn1c(-c2c(C)c(C)c(OC)c(C)c2C)nc2c(C)c(C)c(C)c(C)c21. The van der Waals surface area contributed by atoms with Gasteiger partial charge in [-0.15, -0.1) is 0 Å². The molecule has 3 aromatic rings. The number of benzene rings is 2. The largest absolute Gasteiger partial charge is 0.496 e. The lowest BCUT2D eigenvalue weighted by Crippen LogP contribution is -2.05. The van der Waals surface area contributed by atoms with Crippen LogP contribution in [-0.2, 0) is 6.54 Å². The zero-order valence-corrected chi connectivity index (χ0v) is 18.5. The maximum absolute atomic E-state index is 5.69. The van der Waals surface area contributed by atoms with Crippen LogP contribution in [0.25, 0.3) is 22.4 Å². The van der Waals surface area contributed by atoms with Gasteiger partial charge in [-0.3, -0.25) is 0 Å². The second-order valence-electron chi connectivity index (χ2n) is 7.79. The van der Waals surface area contributed by atoms with Gasteiger partial charge < -0.3 is 9.30 Å². The van der Waals surface area contributed by atoms with Crippen molar-refractivity contribution in [3.8, 4) is 17.1 Å². The van der Waals surface area contributed by atoms with Crippen LogP contribution < -0.4 is 4.74 Å². The van der Waals surface area contributed by atoms with Crippen molar-refractivity contribution in [2.24, 2.45) is 0 Å². The van der Waals surface area contributed by atoms with Gasteiger partial charge in [0.1, 0.15) is 11.6 Å². The van der Waals surface area contributed by atoms with Gasteiger partial charge in [-0.25, -0.2) is 4.98 Å². The van der Waals surface area contributed by atoms with Gasteiger partial charge in [0.15, 0.2) is 0 Å². The highest BCUT2D eigenvalue weighted by atomic mass is 16.5. The van der Waals surface area contributed by atoms with Crippen molar-refractivity contribution >= 4 is 11.0 Å². The van der Waals surface area contributed by atoms with Crippen LogP contribution in [0.15, 0.2) is 0 Å². The minimum absolute atomic E-state index is 0.900. The third-order valence-electron chi connectivity index (χ3n) is 6.67. The third-order valence-corrected chi connectivity index (χ3v) is 6.67. The smallest absolute Gasteiger partial charge is 0.141 e. The van der Waals surface area contributed by atoms with Crippen LogP contribution in [0.3, 0.4) is 0 Å². The van der Waals surface area contributed by atoms with Gasteiger partial charge in [0, 0.05) is 12.1 Å². The van der Waals surface area contributed by atoms with Crippen LogP contribution >= 0.6 is 0 Å². The normalized spacial score (nSPS) is 11.5. The van der Waals surface area contributed by atoms with E-state index in [1.165, 1.54) is 55.6 Å². The number of hydrogen-bond donors (Lipinski definition) is 0. The molecule has 0 radical (unpaired) electrons. The molecule has 144 valence electrons. The molecule has 27 heavy (non-hydrogen) atoms. The third kappa shape index (κ3) is 2.59. The van der Waals surface area contributed by atoms with E-state index >= 15 is 0 Å². The Morgan fingerprint density at radius 2 is 1.22 bits per heavy atom. The highest BCUT2D eigenvalue weighted by Crippen LogP contribution is 2.40. The van der Waals surface area contributed by atoms with Crippen molar-refractivity contribution < 1.29 is 4.74 Å². The molecule has 0 unspecified atom stereocenters. The average molecular weight is 365 g/mol. The lowest BCUT2D eigenvalue weighted by molar-refractivity contribution is 0.408. The fourth-order valence-corrected chi connectivity index (χ4v) is 4.43. The number of rotatable bonds is 3. The van der Waals surface area contributed by atoms with E-state index in [1.807, 2.05) is 0 Å². The standard InChI is InChI=1S/C24H32N2O/c1-11-26-22-17(7)13(3)12(2)16(6)21(22)25-24(26)20-14(4)18(8)23(27-10)19(9)15(20)5/h11H2,1-10H3. The van der Waals surface area contributed by atoms with E-state index < -0.39 is 0 Å². The molecule has 0 spiro atoms. The van der Waals surface area contributed by atoms with Crippen LogP contribution in [0.1, 0.15) is 51.4 Å². The Morgan fingerprint density at radius 1 is 0.704 bits per heavy atom. The van der Waals surface area contributed by atoms with E-state index in [2.05, 4.69) is 66.9 Å². The zero-order chi connectivity index (χ0) is 20.2. The topological polar surface area (TPSA) is 27.1 Å². The molecule has 0 aliphatic heterocycles. The maximum atomic E-state index is 5.69. The number of aryl methyl sites for hydroxylation is 3. The molecule has 0 N–H and O–H groups in total. The number of hydrogen-bond acceptors (Lipinski definition) is 2. The molecule has 3 nitrogen and oxygen atoms in total. The number of aromatic nitrogens is 2. The molecule has 1 heterocycles. The van der Waals surface area contributed by atoms with Gasteiger partial charge in [0.05, 0.1) is 18.1 Å². The number of ether oxygens (including phenoxy) is 1. The minimum atomic E-state index is 0.900. The zero-order valence-electron chi connectivity index (χ0n) is 18.5. The van der Waals surface area contributed by atoms with Crippen molar-refractivity contribution in [1.29, 1.82) is 0 Å². The molecule has 0 aliphatic rings. The predicted octanol–water partition coefficient (Wildman–Crippen LogP) is 6.20. The van der Waals surface area contributed by atoms with Crippen molar-refractivity contribution in [2.75, 3.05) is 7.11 Å². The molecular weight excluding hydrogens is 332 g/mol. The molecule has 0 saturated heterocycles. The van der Waals surface area contributed by atoms with Gasteiger partial charge in [-0.2, -0.15) is 0 Å². The van der Waals surface area contributed by atoms with E-state index in [-0.39, 0.29) is 0 Å². The van der Waals surface area contributed by atoms with Crippen LogP contribution in [0.4, 0.5) is 0 Å². The molecule has 0 saturated carbocycles. The number of nitrogens with zero attached hydrogens (tertiary/aromatic N) is 2. The Hall–Kier alpha value is -2.29. The molecule has 0 fully saturated rings. The maximum Gasteiger partial charge on any atom is 0.141 e. The van der Waals surface area contributed by atoms with E-state index in [0.29, 0.717) is 0 Å². The van der Waals surface area contributed by atoms with Crippen LogP contribution in [-0.4, -0.2) is 16.7 Å². The Kier molecular flexibility index (Phi) is 4.83. The lowest BCUT2D eigenvalue weighted by Gasteiger charge is -2.20. The first-order valence-corrected chi connectivity index (χ1v) is 9.78. The number of imidazole rings is 1. The first-order valence-electron chi connectivity index (χ1n) is 9.78. The molecule has 0 aliphatic carbocycles. The molecule has 2 aromatic carbocycles. The van der Waals surface area contributed by atoms with Crippen molar-refractivity contribution in [3.63, 3.8) is 0 Å². The predicted molar refractivity (Wildman–Crippen MR) is 115 cm³/mol. The lowest BCUT2D eigenvalue weighted by atomic mass is 9.92. The molecule has 0 amide bonds. The summed E-state index contributed by atoms with van der Waals surface area (Å²) >= 11 is 0. The Bertz CT molecular complexity index is 1040. The second-order valence-corrected chi connectivity index (χ2v) is 7.79. The second kappa shape index (κ2) is 6.70. The summed E-state index contributed by atoms with van der Waals surface area (Å²) in [6.07, 6.45) is 0. The van der Waals surface area contributed by atoms with E-state index in [4.69, 9.17) is 9.72 Å². The Morgan fingerprint density at radius 3 is 1.70 bits per heavy atom. The Labute approximate surface area is 163 Å². The summed E-state index contributed by atoms with van der Waals surface area (Å²) in [5.74, 6) is 2.07. The molecule has 0 bridgehead atoms. The Balaban J connectivity index is 2.51. The van der Waals surface area contributed by atoms with Crippen LogP contribution in [0.5, 0.6) is 5.75 Å². The van der Waals surface area contributed by atoms with Crippen molar-refractivity contribution in [3.05, 3.63) is 44.5 Å². The highest BCUT2D eigenvalue weighted by Gasteiger charge is 2.23. The van der Waals surface area contributed by atoms with Crippen LogP contribution in [0.2, 0.25) is 0 Å². The monoisotopic (exact) mass is 364 g/mol. The van der Waals surface area contributed by atoms with E-state index in [1.54, 1.807) is 7.11 Å². The minimum Gasteiger partial charge on any atom is -0.496 e. The fraction of sp³-hybridized carbons (Fsp3) is 0.458. The van der Waals surface area contributed by atoms with E-state index in [0.717, 1.165) is 23.6 Å². The average Bonchev–Trinajstić information content (AvgIpc) is 3.03. The number of fused-ring (bicyclic) bond motifs is 1. The summed E-state index contributed by atoms with van der Waals surface area (Å²) in [4.78, 5) is 5.20. The molecular formula is C24H32N2O. The molecule has 3 rings (SSSR count). The van der Waals surface area contributed by atoms with Gasteiger partial charge in [0.25, 0.3) is 0 Å². The van der Waals surface area contributed by atoms with Gasteiger partial charge in [-0.05, 0) is 107 Å². The quantitative estimate of drug-likeness (QED) is 0.553. The van der Waals surface area contributed by atoms with Gasteiger partial charge in [0.2, 0.25) is 0 Å². The molecule has 0 atom stereocenters. The summed E-state index contributed by atoms with van der Waals surface area (Å²) in [6, 6.07) is 0. The van der Waals surface area contributed by atoms with Gasteiger partial charge >= 0.3 is 0 Å². The van der Waals surface area contributed by atoms with Crippen molar-refractivity contribution in [1.82, 2.24) is 9.55 Å². The fourth-order valence-electron chi connectivity index (χ4n) is 4.43. The summed E-state index contributed by atoms with van der Waals surface area (Å²) in [6.45, 7) is 20.6. The summed E-state index contributed by atoms with van der Waals surface area (Å²) in [7, 11) is 1.76. The van der Waals surface area contributed by atoms with Crippen molar-refractivity contribution in [2.45, 2.75) is 68.9 Å². The first kappa shape index (κ1) is 19.5. The summed E-state index contributed by atoms with van der Waals surface area (Å²) < 4.78 is 8.08. The molecule has 1 aromatic heterocycles.